The summed E-state index contributed by atoms with van der Waals surface area (Å²) in [6.45, 7) is 6.35. The van der Waals surface area contributed by atoms with E-state index in [9.17, 15) is 0 Å². The summed E-state index contributed by atoms with van der Waals surface area (Å²) in [5.74, 6) is 0.891. The smallest absolute Gasteiger partial charge is 0.0110 e. The van der Waals surface area contributed by atoms with Crippen LogP contribution in [0.3, 0.4) is 0 Å². The Morgan fingerprint density at radius 3 is 2.44 bits per heavy atom. The zero-order valence-corrected chi connectivity index (χ0v) is 10.9. The summed E-state index contributed by atoms with van der Waals surface area (Å²) in [4.78, 5) is 5.10. The van der Waals surface area contributed by atoms with Crippen LogP contribution in [0.5, 0.6) is 0 Å². The van der Waals surface area contributed by atoms with Crippen LogP contribution < -0.4 is 5.32 Å². The molecule has 16 heavy (non-hydrogen) atoms. The monoisotopic (exact) mass is 225 g/mol. The van der Waals surface area contributed by atoms with E-state index in [1.54, 1.807) is 0 Å². The molecular weight excluding hydrogens is 198 g/mol. The summed E-state index contributed by atoms with van der Waals surface area (Å²) in [6, 6.07) is 0.772. The summed E-state index contributed by atoms with van der Waals surface area (Å²) < 4.78 is 0. The average molecular weight is 225 g/mol. The second-order valence-corrected chi connectivity index (χ2v) is 5.54. The standard InChI is InChI=1S/C13H27N3/c1-14-13-6-4-3-5-12(13)11-16-9-7-15(2)8-10-16/h12-14H,3-11H2,1-2H3. The highest BCUT2D eigenvalue weighted by Gasteiger charge is 2.26. The maximum Gasteiger partial charge on any atom is 0.0110 e. The summed E-state index contributed by atoms with van der Waals surface area (Å²) in [5.41, 5.74) is 0. The largest absolute Gasteiger partial charge is 0.317 e. The minimum atomic E-state index is 0.772. The van der Waals surface area contributed by atoms with Gasteiger partial charge in [0.25, 0.3) is 0 Å². The maximum atomic E-state index is 3.52. The zero-order valence-electron chi connectivity index (χ0n) is 10.9. The molecule has 94 valence electrons. The van der Waals surface area contributed by atoms with Crippen molar-refractivity contribution in [1.29, 1.82) is 0 Å². The first kappa shape index (κ1) is 12.3. The van der Waals surface area contributed by atoms with Gasteiger partial charge in [-0.15, -0.1) is 0 Å². The average Bonchev–Trinajstić information content (AvgIpc) is 2.33. The van der Waals surface area contributed by atoms with E-state index in [0.29, 0.717) is 0 Å². The Morgan fingerprint density at radius 1 is 1.06 bits per heavy atom. The predicted molar refractivity (Wildman–Crippen MR) is 68.7 cm³/mol. The molecule has 2 aliphatic rings. The lowest BCUT2D eigenvalue weighted by molar-refractivity contribution is 0.114. The fraction of sp³-hybridized carbons (Fsp3) is 1.00. The third-order valence-electron chi connectivity index (χ3n) is 4.37. The van der Waals surface area contributed by atoms with Gasteiger partial charge in [-0.3, -0.25) is 0 Å². The second kappa shape index (κ2) is 5.99. The molecule has 1 heterocycles. The highest BCUT2D eigenvalue weighted by molar-refractivity contribution is 4.83. The van der Waals surface area contributed by atoms with Crippen molar-refractivity contribution in [2.24, 2.45) is 5.92 Å². The van der Waals surface area contributed by atoms with Crippen molar-refractivity contribution in [3.05, 3.63) is 0 Å². The van der Waals surface area contributed by atoms with Crippen LogP contribution in [-0.4, -0.2) is 62.7 Å². The van der Waals surface area contributed by atoms with E-state index < -0.39 is 0 Å². The fourth-order valence-corrected chi connectivity index (χ4v) is 3.17. The SMILES string of the molecule is CNC1CCCCC1CN1CCN(C)CC1. The normalized spacial score (nSPS) is 34.1. The van der Waals surface area contributed by atoms with Crippen LogP contribution in [0, 0.1) is 5.92 Å². The van der Waals surface area contributed by atoms with Crippen LogP contribution in [0.1, 0.15) is 25.7 Å². The minimum Gasteiger partial charge on any atom is -0.317 e. The van der Waals surface area contributed by atoms with Crippen LogP contribution in [0.25, 0.3) is 0 Å². The quantitative estimate of drug-likeness (QED) is 0.773. The van der Waals surface area contributed by atoms with Gasteiger partial charge < -0.3 is 15.1 Å². The van der Waals surface area contributed by atoms with Crippen molar-refractivity contribution in [2.45, 2.75) is 31.7 Å². The third kappa shape index (κ3) is 3.19. The molecule has 2 fully saturated rings. The fourth-order valence-electron chi connectivity index (χ4n) is 3.17. The number of likely N-dealkylation sites (N-methyl/N-ethyl adjacent to an activating group) is 1. The molecule has 1 saturated heterocycles. The number of piperazine rings is 1. The first-order valence-electron chi connectivity index (χ1n) is 6.88. The number of rotatable bonds is 3. The number of hydrogen-bond donors (Lipinski definition) is 1. The second-order valence-electron chi connectivity index (χ2n) is 5.54. The molecule has 3 nitrogen and oxygen atoms in total. The third-order valence-corrected chi connectivity index (χ3v) is 4.37. The molecule has 2 rings (SSSR count). The van der Waals surface area contributed by atoms with Crippen LogP contribution in [0.4, 0.5) is 0 Å². The van der Waals surface area contributed by atoms with E-state index in [1.807, 2.05) is 0 Å². The highest BCUT2D eigenvalue weighted by Crippen LogP contribution is 2.25. The minimum absolute atomic E-state index is 0.772. The van der Waals surface area contributed by atoms with E-state index in [4.69, 9.17) is 0 Å². The Balaban J connectivity index is 1.78. The number of nitrogens with zero attached hydrogens (tertiary/aromatic N) is 2. The van der Waals surface area contributed by atoms with Crippen LogP contribution in [-0.2, 0) is 0 Å². The van der Waals surface area contributed by atoms with Crippen molar-refractivity contribution in [3.8, 4) is 0 Å². The molecule has 0 spiro atoms. The zero-order chi connectivity index (χ0) is 11.4. The van der Waals surface area contributed by atoms with Gasteiger partial charge in [0, 0.05) is 38.8 Å². The number of hydrogen-bond acceptors (Lipinski definition) is 3. The van der Waals surface area contributed by atoms with Gasteiger partial charge in [-0.05, 0) is 32.9 Å². The first-order valence-corrected chi connectivity index (χ1v) is 6.88. The molecule has 0 bridgehead atoms. The van der Waals surface area contributed by atoms with Crippen molar-refractivity contribution in [1.82, 2.24) is 15.1 Å². The van der Waals surface area contributed by atoms with Gasteiger partial charge in [-0.1, -0.05) is 12.8 Å². The van der Waals surface area contributed by atoms with Crippen LogP contribution in [0.15, 0.2) is 0 Å². The lowest BCUT2D eigenvalue weighted by Gasteiger charge is -2.38. The van der Waals surface area contributed by atoms with Gasteiger partial charge in [0.2, 0.25) is 0 Å². The van der Waals surface area contributed by atoms with Crippen molar-refractivity contribution >= 4 is 0 Å². The van der Waals surface area contributed by atoms with Gasteiger partial charge in [0.05, 0.1) is 0 Å². The van der Waals surface area contributed by atoms with E-state index in [-0.39, 0.29) is 0 Å². The Bertz CT molecular complexity index is 199. The molecule has 1 aliphatic carbocycles. The summed E-state index contributed by atoms with van der Waals surface area (Å²) in [5, 5.41) is 3.52. The van der Waals surface area contributed by atoms with E-state index in [0.717, 1.165) is 12.0 Å². The molecule has 0 radical (unpaired) electrons. The van der Waals surface area contributed by atoms with Crippen molar-refractivity contribution < 1.29 is 0 Å². The predicted octanol–water partition coefficient (Wildman–Crippen LogP) is 1.01. The van der Waals surface area contributed by atoms with Crippen molar-refractivity contribution in [3.63, 3.8) is 0 Å². The summed E-state index contributed by atoms with van der Waals surface area (Å²) >= 11 is 0. The van der Waals surface area contributed by atoms with E-state index >= 15 is 0 Å². The van der Waals surface area contributed by atoms with E-state index in [1.165, 1.54) is 58.4 Å². The Hall–Kier alpha value is -0.120. The van der Waals surface area contributed by atoms with Crippen molar-refractivity contribution in [2.75, 3.05) is 46.8 Å². The van der Waals surface area contributed by atoms with E-state index in [2.05, 4.69) is 29.2 Å². The Labute approximate surface area is 100 Å². The topological polar surface area (TPSA) is 18.5 Å². The Morgan fingerprint density at radius 2 is 1.75 bits per heavy atom. The van der Waals surface area contributed by atoms with Gasteiger partial charge in [-0.25, -0.2) is 0 Å². The maximum absolute atomic E-state index is 3.52. The van der Waals surface area contributed by atoms with Gasteiger partial charge in [0.1, 0.15) is 0 Å². The molecule has 0 aromatic rings. The lowest BCUT2D eigenvalue weighted by Crippen LogP contribution is -2.49. The molecule has 2 atom stereocenters. The summed E-state index contributed by atoms with van der Waals surface area (Å²) in [7, 11) is 4.36. The molecule has 3 heteroatoms. The molecule has 0 amide bonds. The Kier molecular flexibility index (Phi) is 4.62. The number of nitrogens with one attached hydrogen (secondary N) is 1. The molecule has 1 saturated carbocycles. The molecule has 1 N–H and O–H groups in total. The summed E-state index contributed by atoms with van der Waals surface area (Å²) in [6.07, 6.45) is 5.67. The van der Waals surface area contributed by atoms with Gasteiger partial charge in [0.15, 0.2) is 0 Å². The first-order chi connectivity index (χ1) is 7.79. The molecule has 0 aromatic carbocycles. The van der Waals surface area contributed by atoms with Gasteiger partial charge >= 0.3 is 0 Å². The highest BCUT2D eigenvalue weighted by atomic mass is 15.2. The molecule has 0 aromatic heterocycles. The molecule has 1 aliphatic heterocycles. The van der Waals surface area contributed by atoms with Crippen LogP contribution >= 0.6 is 0 Å². The lowest BCUT2D eigenvalue weighted by atomic mass is 9.84. The van der Waals surface area contributed by atoms with Gasteiger partial charge in [-0.2, -0.15) is 0 Å². The molecule has 2 unspecified atom stereocenters. The molecular formula is C13H27N3. The van der Waals surface area contributed by atoms with Crippen LogP contribution in [0.2, 0.25) is 0 Å².